The Labute approximate surface area is 115 Å². The van der Waals surface area contributed by atoms with E-state index in [0.717, 1.165) is 0 Å². The van der Waals surface area contributed by atoms with Crippen LogP contribution in [0.3, 0.4) is 0 Å². The van der Waals surface area contributed by atoms with E-state index in [4.69, 9.17) is 10.8 Å². The molecule has 0 saturated carbocycles. The van der Waals surface area contributed by atoms with Gasteiger partial charge in [-0.15, -0.1) is 0 Å². The lowest BCUT2D eigenvalue weighted by atomic mass is 10.1. The van der Waals surface area contributed by atoms with Gasteiger partial charge < -0.3 is 16.2 Å². The minimum atomic E-state index is -0.970. The summed E-state index contributed by atoms with van der Waals surface area (Å²) in [5.41, 5.74) is 6.88. The largest absolute Gasteiger partial charge is 0.478 e. The lowest BCUT2D eigenvalue weighted by Gasteiger charge is -2.08. The number of benzene rings is 1. The van der Waals surface area contributed by atoms with Crippen LogP contribution in [-0.2, 0) is 0 Å². The van der Waals surface area contributed by atoms with E-state index in [-0.39, 0.29) is 11.3 Å². The molecule has 6 nitrogen and oxygen atoms in total. The molecule has 1 heterocycles. The van der Waals surface area contributed by atoms with Crippen molar-refractivity contribution in [2.75, 3.05) is 5.32 Å². The first-order chi connectivity index (χ1) is 9.47. The maximum atomic E-state index is 11.0. The Morgan fingerprint density at radius 3 is 2.60 bits per heavy atom. The number of amides is 1. The molecule has 0 aliphatic rings. The van der Waals surface area contributed by atoms with E-state index in [0.29, 0.717) is 17.1 Å². The number of nitrogens with zero attached hydrogens (tertiary/aromatic N) is 1. The molecule has 4 N–H and O–H groups in total. The molecule has 1 aromatic carbocycles. The molecule has 0 spiro atoms. The van der Waals surface area contributed by atoms with Crippen LogP contribution in [0.1, 0.15) is 26.4 Å². The van der Waals surface area contributed by atoms with Gasteiger partial charge in [-0.1, -0.05) is 6.07 Å². The normalized spacial score (nSPS) is 10.1. The maximum Gasteiger partial charge on any atom is 0.335 e. The number of rotatable bonds is 4. The lowest BCUT2D eigenvalue weighted by Crippen LogP contribution is -2.13. The van der Waals surface area contributed by atoms with Crippen LogP contribution in [0, 0.1) is 6.92 Å². The molecule has 0 unspecified atom stereocenters. The van der Waals surface area contributed by atoms with Gasteiger partial charge in [0.2, 0.25) is 0 Å². The number of carboxylic acid groups (broad SMARTS) is 1. The van der Waals surface area contributed by atoms with Crippen LogP contribution in [0.4, 0.5) is 11.5 Å². The van der Waals surface area contributed by atoms with Gasteiger partial charge in [0.1, 0.15) is 11.5 Å². The van der Waals surface area contributed by atoms with E-state index in [1.54, 1.807) is 31.2 Å². The third-order valence-corrected chi connectivity index (χ3v) is 2.73. The van der Waals surface area contributed by atoms with Crippen LogP contribution >= 0.6 is 0 Å². The van der Waals surface area contributed by atoms with Crippen molar-refractivity contribution in [2.45, 2.75) is 6.92 Å². The van der Waals surface area contributed by atoms with E-state index in [1.807, 2.05) is 0 Å². The Balaban J connectivity index is 2.26. The van der Waals surface area contributed by atoms with E-state index >= 15 is 0 Å². The van der Waals surface area contributed by atoms with Gasteiger partial charge >= 0.3 is 5.97 Å². The van der Waals surface area contributed by atoms with Gasteiger partial charge in [0.05, 0.1) is 5.56 Å². The molecule has 102 valence electrons. The summed E-state index contributed by atoms with van der Waals surface area (Å²) in [7, 11) is 0. The van der Waals surface area contributed by atoms with Crippen molar-refractivity contribution in [3.63, 3.8) is 0 Å². The molecule has 0 bridgehead atoms. The van der Waals surface area contributed by atoms with E-state index < -0.39 is 11.9 Å². The summed E-state index contributed by atoms with van der Waals surface area (Å²) < 4.78 is 0. The molecule has 0 fully saturated rings. The molecule has 6 heteroatoms. The Kier molecular flexibility index (Phi) is 3.65. The summed E-state index contributed by atoms with van der Waals surface area (Å²) >= 11 is 0. The summed E-state index contributed by atoms with van der Waals surface area (Å²) in [5.74, 6) is -1.11. The number of carbonyl (C=O) groups excluding carboxylic acids is 1. The number of primary amides is 1. The van der Waals surface area contributed by atoms with Crippen LogP contribution in [0.5, 0.6) is 0 Å². The first kappa shape index (κ1) is 13.5. The van der Waals surface area contributed by atoms with Gasteiger partial charge in [0.25, 0.3) is 5.91 Å². The number of carbonyl (C=O) groups is 2. The summed E-state index contributed by atoms with van der Waals surface area (Å²) in [4.78, 5) is 26.0. The number of pyridine rings is 1. The number of carboxylic acids is 1. The van der Waals surface area contributed by atoms with Crippen LogP contribution in [0.15, 0.2) is 36.4 Å². The number of aromatic carboxylic acids is 1. The number of hydrogen-bond donors (Lipinski definition) is 3. The molecule has 0 aliphatic carbocycles. The highest BCUT2D eigenvalue weighted by Gasteiger charge is 2.08. The van der Waals surface area contributed by atoms with E-state index in [1.165, 1.54) is 12.1 Å². The molecule has 0 aliphatic heterocycles. The van der Waals surface area contributed by atoms with Gasteiger partial charge in [-0.3, -0.25) is 4.79 Å². The highest BCUT2D eigenvalue weighted by atomic mass is 16.4. The predicted octanol–water partition coefficient (Wildman–Crippen LogP) is 1.93. The SMILES string of the molecule is Cc1cc(Nc2cccc(C(N)=O)n2)ccc1C(=O)O. The molecular formula is C14H13N3O3. The smallest absolute Gasteiger partial charge is 0.335 e. The molecule has 20 heavy (non-hydrogen) atoms. The number of nitrogens with two attached hydrogens (primary N) is 1. The summed E-state index contributed by atoms with van der Waals surface area (Å²) in [6.07, 6.45) is 0. The fourth-order valence-corrected chi connectivity index (χ4v) is 1.77. The van der Waals surface area contributed by atoms with Crippen molar-refractivity contribution in [2.24, 2.45) is 5.73 Å². The standard InChI is InChI=1S/C14H13N3O3/c1-8-7-9(5-6-10(8)14(19)20)16-12-4-2-3-11(17-12)13(15)18/h2-7H,1H3,(H2,15,18)(H,16,17)(H,19,20). The molecule has 0 radical (unpaired) electrons. The monoisotopic (exact) mass is 271 g/mol. The van der Waals surface area contributed by atoms with Crippen molar-refractivity contribution in [3.8, 4) is 0 Å². The van der Waals surface area contributed by atoms with Crippen molar-refractivity contribution in [1.29, 1.82) is 0 Å². The fraction of sp³-hybridized carbons (Fsp3) is 0.0714. The molecule has 0 atom stereocenters. The Hall–Kier alpha value is -2.89. The second-order valence-electron chi connectivity index (χ2n) is 4.23. The zero-order chi connectivity index (χ0) is 14.7. The average Bonchev–Trinajstić information content (AvgIpc) is 2.38. The zero-order valence-corrected chi connectivity index (χ0v) is 10.8. The molecule has 2 aromatic rings. The minimum absolute atomic E-state index is 0.161. The predicted molar refractivity (Wildman–Crippen MR) is 74.2 cm³/mol. The van der Waals surface area contributed by atoms with Crippen molar-refractivity contribution >= 4 is 23.4 Å². The topological polar surface area (TPSA) is 105 Å². The second-order valence-corrected chi connectivity index (χ2v) is 4.23. The van der Waals surface area contributed by atoms with Gasteiger partial charge in [-0.05, 0) is 42.8 Å². The molecular weight excluding hydrogens is 258 g/mol. The number of aryl methyl sites for hydroxylation is 1. The molecule has 1 aromatic heterocycles. The van der Waals surface area contributed by atoms with Gasteiger partial charge in [0, 0.05) is 5.69 Å². The van der Waals surface area contributed by atoms with Crippen molar-refractivity contribution < 1.29 is 14.7 Å². The van der Waals surface area contributed by atoms with E-state index in [9.17, 15) is 9.59 Å². The Bertz CT molecular complexity index is 683. The first-order valence-electron chi connectivity index (χ1n) is 5.85. The molecule has 0 saturated heterocycles. The number of aromatic nitrogens is 1. The summed E-state index contributed by atoms with van der Waals surface area (Å²) in [5, 5.41) is 12.0. The Morgan fingerprint density at radius 2 is 2.00 bits per heavy atom. The first-order valence-corrected chi connectivity index (χ1v) is 5.85. The van der Waals surface area contributed by atoms with Crippen LogP contribution in [0.2, 0.25) is 0 Å². The molecule has 1 amide bonds. The quantitative estimate of drug-likeness (QED) is 0.788. The summed E-state index contributed by atoms with van der Waals surface area (Å²) in [6.45, 7) is 1.71. The number of hydrogen-bond acceptors (Lipinski definition) is 4. The van der Waals surface area contributed by atoms with Crippen molar-refractivity contribution in [3.05, 3.63) is 53.2 Å². The van der Waals surface area contributed by atoms with Crippen LogP contribution < -0.4 is 11.1 Å². The third kappa shape index (κ3) is 2.92. The average molecular weight is 271 g/mol. The maximum absolute atomic E-state index is 11.0. The van der Waals surface area contributed by atoms with Crippen molar-refractivity contribution in [1.82, 2.24) is 4.98 Å². The van der Waals surface area contributed by atoms with Crippen LogP contribution in [-0.4, -0.2) is 22.0 Å². The third-order valence-electron chi connectivity index (χ3n) is 2.73. The number of anilines is 2. The fourth-order valence-electron chi connectivity index (χ4n) is 1.77. The highest BCUT2D eigenvalue weighted by Crippen LogP contribution is 2.19. The minimum Gasteiger partial charge on any atom is -0.478 e. The highest BCUT2D eigenvalue weighted by molar-refractivity contribution is 5.91. The van der Waals surface area contributed by atoms with E-state index in [2.05, 4.69) is 10.3 Å². The zero-order valence-electron chi connectivity index (χ0n) is 10.8. The number of nitrogens with one attached hydrogen (secondary N) is 1. The van der Waals surface area contributed by atoms with Gasteiger partial charge in [-0.2, -0.15) is 0 Å². The molecule has 2 rings (SSSR count). The second kappa shape index (κ2) is 5.40. The lowest BCUT2D eigenvalue weighted by molar-refractivity contribution is 0.0696. The van der Waals surface area contributed by atoms with Crippen LogP contribution in [0.25, 0.3) is 0 Å². The Morgan fingerprint density at radius 1 is 1.25 bits per heavy atom. The van der Waals surface area contributed by atoms with Gasteiger partial charge in [-0.25, -0.2) is 9.78 Å². The summed E-state index contributed by atoms with van der Waals surface area (Å²) in [6, 6.07) is 9.71. The van der Waals surface area contributed by atoms with Gasteiger partial charge in [0.15, 0.2) is 0 Å².